The number of nitrogens with one attached hydrogen (secondary N) is 2. The standard InChI is InChI=1S/C15H24N2O3S/c1-10(2)12(5)16-15(18)13-6-8-14(9-7-13)21(19,20)17-11(3)4/h6-12,17H,1-5H3,(H,16,18). The van der Waals surface area contributed by atoms with Crippen molar-refractivity contribution in [2.24, 2.45) is 5.92 Å². The number of hydrogen-bond donors (Lipinski definition) is 2. The van der Waals surface area contributed by atoms with E-state index in [0.717, 1.165) is 0 Å². The third-order valence-electron chi connectivity index (χ3n) is 3.18. The summed E-state index contributed by atoms with van der Waals surface area (Å²) < 4.78 is 26.5. The number of carbonyl (C=O) groups is 1. The van der Waals surface area contributed by atoms with Crippen LogP contribution in [0.25, 0.3) is 0 Å². The summed E-state index contributed by atoms with van der Waals surface area (Å²) in [5.74, 6) is 0.140. The summed E-state index contributed by atoms with van der Waals surface area (Å²) in [6.45, 7) is 9.50. The van der Waals surface area contributed by atoms with Gasteiger partial charge in [0.1, 0.15) is 0 Å². The average Bonchev–Trinajstić information content (AvgIpc) is 2.37. The third kappa shape index (κ3) is 5.13. The molecule has 1 aromatic rings. The van der Waals surface area contributed by atoms with Gasteiger partial charge in [-0.2, -0.15) is 0 Å². The Kier molecular flexibility index (Phi) is 5.92. The van der Waals surface area contributed by atoms with Crippen molar-refractivity contribution < 1.29 is 13.2 Å². The van der Waals surface area contributed by atoms with E-state index in [1.165, 1.54) is 24.3 Å². The fourth-order valence-corrected chi connectivity index (χ4v) is 2.87. The topological polar surface area (TPSA) is 75.3 Å². The molecular formula is C15H24N2O3S. The molecule has 0 spiro atoms. The van der Waals surface area contributed by atoms with Gasteiger partial charge in [-0.15, -0.1) is 0 Å². The van der Waals surface area contributed by atoms with E-state index < -0.39 is 10.0 Å². The van der Waals surface area contributed by atoms with Crippen LogP contribution >= 0.6 is 0 Å². The summed E-state index contributed by atoms with van der Waals surface area (Å²) >= 11 is 0. The van der Waals surface area contributed by atoms with Crippen molar-refractivity contribution in [1.82, 2.24) is 10.0 Å². The molecule has 0 aliphatic heterocycles. The van der Waals surface area contributed by atoms with Gasteiger partial charge in [0.05, 0.1) is 4.90 Å². The second kappa shape index (κ2) is 7.04. The molecule has 0 fully saturated rings. The summed E-state index contributed by atoms with van der Waals surface area (Å²) in [6, 6.07) is 5.82. The highest BCUT2D eigenvalue weighted by Gasteiger charge is 2.17. The lowest BCUT2D eigenvalue weighted by atomic mass is 10.1. The predicted molar refractivity (Wildman–Crippen MR) is 83.7 cm³/mol. The molecule has 0 aliphatic carbocycles. The first-order chi connectivity index (χ1) is 9.63. The fraction of sp³-hybridized carbons (Fsp3) is 0.533. The van der Waals surface area contributed by atoms with Crippen LogP contribution in [-0.4, -0.2) is 26.4 Å². The molecule has 0 radical (unpaired) electrons. The lowest BCUT2D eigenvalue weighted by Crippen LogP contribution is -2.36. The molecule has 0 bridgehead atoms. The molecular weight excluding hydrogens is 288 g/mol. The van der Waals surface area contributed by atoms with Gasteiger partial charge in [0.25, 0.3) is 5.91 Å². The Morgan fingerprint density at radius 2 is 1.52 bits per heavy atom. The van der Waals surface area contributed by atoms with E-state index in [1.807, 2.05) is 20.8 Å². The monoisotopic (exact) mass is 312 g/mol. The molecule has 0 heterocycles. The number of benzene rings is 1. The van der Waals surface area contributed by atoms with E-state index >= 15 is 0 Å². The second-order valence-corrected chi connectivity index (χ2v) is 7.52. The van der Waals surface area contributed by atoms with Crippen molar-refractivity contribution in [2.45, 2.75) is 51.6 Å². The highest BCUT2D eigenvalue weighted by atomic mass is 32.2. The molecule has 1 rings (SSSR count). The number of sulfonamides is 1. The van der Waals surface area contributed by atoms with Gasteiger partial charge in [-0.25, -0.2) is 13.1 Å². The maximum Gasteiger partial charge on any atom is 0.251 e. The summed E-state index contributed by atoms with van der Waals surface area (Å²) in [5.41, 5.74) is 0.450. The molecule has 1 atom stereocenters. The molecule has 21 heavy (non-hydrogen) atoms. The van der Waals surface area contributed by atoms with Gasteiger partial charge in [0, 0.05) is 17.6 Å². The van der Waals surface area contributed by atoms with Crippen molar-refractivity contribution in [3.63, 3.8) is 0 Å². The number of rotatable bonds is 6. The van der Waals surface area contributed by atoms with Crippen LogP contribution in [-0.2, 0) is 10.0 Å². The molecule has 2 N–H and O–H groups in total. The minimum Gasteiger partial charge on any atom is -0.349 e. The Labute approximate surface area is 127 Å². The van der Waals surface area contributed by atoms with Crippen LogP contribution < -0.4 is 10.0 Å². The van der Waals surface area contributed by atoms with E-state index in [9.17, 15) is 13.2 Å². The second-order valence-electron chi connectivity index (χ2n) is 5.81. The van der Waals surface area contributed by atoms with Crippen LogP contribution in [0.15, 0.2) is 29.2 Å². The van der Waals surface area contributed by atoms with Gasteiger partial charge in [0.15, 0.2) is 0 Å². The summed E-state index contributed by atoms with van der Waals surface area (Å²) in [5, 5.41) is 2.88. The zero-order chi connectivity index (χ0) is 16.2. The van der Waals surface area contributed by atoms with E-state index in [2.05, 4.69) is 10.0 Å². The largest absolute Gasteiger partial charge is 0.349 e. The first-order valence-corrected chi connectivity index (χ1v) is 8.55. The Bertz CT molecular complexity index is 577. The van der Waals surface area contributed by atoms with E-state index in [1.54, 1.807) is 13.8 Å². The van der Waals surface area contributed by atoms with Crippen molar-refractivity contribution in [2.75, 3.05) is 0 Å². The Morgan fingerprint density at radius 3 is 1.95 bits per heavy atom. The van der Waals surface area contributed by atoms with Crippen molar-refractivity contribution in [3.8, 4) is 0 Å². The maximum atomic E-state index is 12.0. The molecule has 118 valence electrons. The molecule has 5 nitrogen and oxygen atoms in total. The van der Waals surface area contributed by atoms with Gasteiger partial charge in [-0.1, -0.05) is 13.8 Å². The van der Waals surface area contributed by atoms with E-state index in [0.29, 0.717) is 11.5 Å². The summed E-state index contributed by atoms with van der Waals surface area (Å²) in [7, 11) is -3.52. The molecule has 1 aromatic carbocycles. The first kappa shape index (κ1) is 17.7. The van der Waals surface area contributed by atoms with Crippen molar-refractivity contribution >= 4 is 15.9 Å². The van der Waals surface area contributed by atoms with Crippen LogP contribution in [0.1, 0.15) is 45.0 Å². The predicted octanol–water partition coefficient (Wildman–Crippen LogP) is 2.15. The lowest BCUT2D eigenvalue weighted by molar-refractivity contribution is 0.0930. The average molecular weight is 312 g/mol. The smallest absolute Gasteiger partial charge is 0.251 e. The highest BCUT2D eigenvalue weighted by Crippen LogP contribution is 2.12. The maximum absolute atomic E-state index is 12.0. The Hall–Kier alpha value is -1.40. The third-order valence-corrected chi connectivity index (χ3v) is 4.85. The van der Waals surface area contributed by atoms with E-state index in [4.69, 9.17) is 0 Å². The van der Waals surface area contributed by atoms with Gasteiger partial charge in [-0.05, 0) is 51.0 Å². The fourth-order valence-electron chi connectivity index (χ4n) is 1.62. The van der Waals surface area contributed by atoms with Crippen LogP contribution in [0.4, 0.5) is 0 Å². The van der Waals surface area contributed by atoms with Gasteiger partial charge < -0.3 is 5.32 Å². The molecule has 0 aromatic heterocycles. The van der Waals surface area contributed by atoms with Crippen molar-refractivity contribution in [1.29, 1.82) is 0 Å². The Balaban J connectivity index is 2.86. The van der Waals surface area contributed by atoms with Gasteiger partial charge in [-0.3, -0.25) is 4.79 Å². The van der Waals surface area contributed by atoms with Crippen LogP contribution in [0.3, 0.4) is 0 Å². The molecule has 0 saturated carbocycles. The number of amides is 1. The Morgan fingerprint density at radius 1 is 1.00 bits per heavy atom. The van der Waals surface area contributed by atoms with Gasteiger partial charge in [0.2, 0.25) is 10.0 Å². The number of carbonyl (C=O) groups excluding carboxylic acids is 1. The summed E-state index contributed by atoms with van der Waals surface area (Å²) in [6.07, 6.45) is 0. The molecule has 0 saturated heterocycles. The minimum atomic E-state index is -3.52. The van der Waals surface area contributed by atoms with Gasteiger partial charge >= 0.3 is 0 Å². The number of hydrogen-bond acceptors (Lipinski definition) is 3. The SMILES string of the molecule is CC(C)NS(=O)(=O)c1ccc(C(=O)NC(C)C(C)C)cc1. The quantitative estimate of drug-likeness (QED) is 0.845. The molecule has 1 unspecified atom stereocenters. The minimum absolute atomic E-state index is 0.0588. The first-order valence-electron chi connectivity index (χ1n) is 7.06. The zero-order valence-electron chi connectivity index (χ0n) is 13.2. The van der Waals surface area contributed by atoms with Crippen molar-refractivity contribution in [3.05, 3.63) is 29.8 Å². The molecule has 6 heteroatoms. The summed E-state index contributed by atoms with van der Waals surface area (Å²) in [4.78, 5) is 12.2. The highest BCUT2D eigenvalue weighted by molar-refractivity contribution is 7.89. The normalized spacial score (nSPS) is 13.5. The van der Waals surface area contributed by atoms with Crippen LogP contribution in [0.2, 0.25) is 0 Å². The zero-order valence-corrected chi connectivity index (χ0v) is 14.0. The molecule has 0 aliphatic rings. The van der Waals surface area contributed by atoms with Crippen LogP contribution in [0, 0.1) is 5.92 Å². The van der Waals surface area contributed by atoms with E-state index in [-0.39, 0.29) is 22.9 Å². The molecule has 1 amide bonds. The lowest BCUT2D eigenvalue weighted by Gasteiger charge is -2.17. The van der Waals surface area contributed by atoms with Crippen LogP contribution in [0.5, 0.6) is 0 Å².